The van der Waals surface area contributed by atoms with Crippen LogP contribution < -0.4 is 0 Å². The second kappa shape index (κ2) is 4.94. The number of rotatable bonds is 2. The molecule has 0 spiro atoms. The molecule has 0 radical (unpaired) electrons. The van der Waals surface area contributed by atoms with Crippen LogP contribution in [0, 0.1) is 0 Å². The van der Waals surface area contributed by atoms with Crippen molar-refractivity contribution in [1.82, 2.24) is 0 Å². The molecule has 18 heavy (non-hydrogen) atoms. The third-order valence-corrected chi connectivity index (χ3v) is 6.34. The van der Waals surface area contributed by atoms with Gasteiger partial charge in [-0.3, -0.25) is 0 Å². The largest absolute Gasteiger partial charge is 0.382 e. The Labute approximate surface area is 126 Å². The second-order valence-electron chi connectivity index (χ2n) is 3.86. The minimum absolute atomic E-state index is 0.601. The van der Waals surface area contributed by atoms with E-state index < -0.39 is 6.10 Å². The number of aliphatic hydroxyl groups is 1. The molecule has 1 atom stereocenters. The van der Waals surface area contributed by atoms with E-state index in [1.54, 1.807) is 11.3 Å². The number of benzene rings is 1. The first-order valence-corrected chi connectivity index (χ1v) is 8.07. The van der Waals surface area contributed by atoms with Crippen molar-refractivity contribution in [3.8, 4) is 0 Å². The predicted octanol–water partition coefficient (Wildman–Crippen LogP) is 5.46. The fourth-order valence-electron chi connectivity index (χ4n) is 1.78. The van der Waals surface area contributed by atoms with E-state index in [1.807, 2.05) is 24.3 Å². The smallest absolute Gasteiger partial charge is 0.122 e. The van der Waals surface area contributed by atoms with Gasteiger partial charge in [-0.05, 0) is 39.5 Å². The summed E-state index contributed by atoms with van der Waals surface area (Å²) in [7, 11) is 0. The van der Waals surface area contributed by atoms with Crippen LogP contribution in [-0.2, 0) is 0 Å². The molecule has 0 saturated carbocycles. The van der Waals surface area contributed by atoms with Gasteiger partial charge >= 0.3 is 0 Å². The van der Waals surface area contributed by atoms with Gasteiger partial charge in [-0.1, -0.05) is 29.8 Å². The van der Waals surface area contributed by atoms with Gasteiger partial charge in [0.1, 0.15) is 6.10 Å². The molecular weight excluding hydrogens is 352 g/mol. The van der Waals surface area contributed by atoms with Crippen molar-refractivity contribution in [2.24, 2.45) is 0 Å². The summed E-state index contributed by atoms with van der Waals surface area (Å²) in [6.45, 7) is 0. The first kappa shape index (κ1) is 12.6. The summed E-state index contributed by atoms with van der Waals surface area (Å²) in [4.78, 5) is 1.81. The van der Waals surface area contributed by atoms with Crippen molar-refractivity contribution in [1.29, 1.82) is 0 Å². The van der Waals surface area contributed by atoms with Crippen LogP contribution in [0.2, 0.25) is 5.02 Å². The van der Waals surface area contributed by atoms with E-state index in [0.717, 1.165) is 13.5 Å². The Kier molecular flexibility index (Phi) is 3.47. The van der Waals surface area contributed by atoms with Gasteiger partial charge in [0.2, 0.25) is 0 Å². The topological polar surface area (TPSA) is 20.2 Å². The van der Waals surface area contributed by atoms with E-state index >= 15 is 0 Å². The van der Waals surface area contributed by atoms with Gasteiger partial charge in [0.25, 0.3) is 0 Å². The lowest BCUT2D eigenvalue weighted by molar-refractivity contribution is 0.228. The average Bonchev–Trinajstić information content (AvgIpc) is 2.93. The van der Waals surface area contributed by atoms with Crippen molar-refractivity contribution in [2.75, 3.05) is 0 Å². The molecule has 92 valence electrons. The van der Waals surface area contributed by atoms with Crippen LogP contribution in [0.15, 0.2) is 40.2 Å². The van der Waals surface area contributed by atoms with Gasteiger partial charge in [0.15, 0.2) is 0 Å². The molecule has 0 aliphatic rings. The molecule has 0 aliphatic heterocycles. The van der Waals surface area contributed by atoms with Crippen molar-refractivity contribution < 1.29 is 5.11 Å². The molecule has 1 nitrogen and oxygen atoms in total. The van der Waals surface area contributed by atoms with Crippen molar-refractivity contribution in [3.63, 3.8) is 0 Å². The van der Waals surface area contributed by atoms with Crippen LogP contribution in [0.4, 0.5) is 0 Å². The molecule has 0 saturated heterocycles. The molecule has 1 aromatic carbocycles. The fourth-order valence-corrected chi connectivity index (χ4v) is 4.67. The highest BCUT2D eigenvalue weighted by Gasteiger charge is 2.17. The van der Waals surface area contributed by atoms with Crippen molar-refractivity contribution >= 4 is 60.3 Å². The maximum atomic E-state index is 10.4. The van der Waals surface area contributed by atoms with Gasteiger partial charge in [0.05, 0.1) is 8.81 Å². The lowest BCUT2D eigenvalue weighted by Gasteiger charge is -2.04. The first-order valence-electron chi connectivity index (χ1n) is 5.26. The molecule has 0 aliphatic carbocycles. The van der Waals surface area contributed by atoms with Crippen LogP contribution in [0.5, 0.6) is 0 Å². The summed E-state index contributed by atoms with van der Waals surface area (Å²) >= 11 is 12.4. The molecule has 0 fully saturated rings. The van der Waals surface area contributed by atoms with Gasteiger partial charge in [-0.15, -0.1) is 22.7 Å². The highest BCUT2D eigenvalue weighted by molar-refractivity contribution is 9.11. The first-order chi connectivity index (χ1) is 8.65. The highest BCUT2D eigenvalue weighted by atomic mass is 79.9. The summed E-state index contributed by atoms with van der Waals surface area (Å²) in [5, 5.41) is 12.2. The van der Waals surface area contributed by atoms with Crippen LogP contribution in [0.25, 0.3) is 10.1 Å². The Morgan fingerprint density at radius 2 is 1.83 bits per heavy atom. The third-order valence-electron chi connectivity index (χ3n) is 2.65. The summed E-state index contributed by atoms with van der Waals surface area (Å²) in [5.41, 5.74) is 0. The Bertz CT molecular complexity index is 651. The van der Waals surface area contributed by atoms with Gasteiger partial charge in [-0.2, -0.15) is 0 Å². The summed E-state index contributed by atoms with van der Waals surface area (Å²) in [5.74, 6) is 0. The zero-order valence-electron chi connectivity index (χ0n) is 9.06. The quantitative estimate of drug-likeness (QED) is 0.644. The average molecular weight is 360 g/mol. The summed E-state index contributed by atoms with van der Waals surface area (Å²) < 4.78 is 2.05. The Balaban J connectivity index is 2.03. The zero-order chi connectivity index (χ0) is 12.7. The maximum Gasteiger partial charge on any atom is 0.122 e. The van der Waals surface area contributed by atoms with E-state index in [9.17, 15) is 5.11 Å². The van der Waals surface area contributed by atoms with E-state index in [4.69, 9.17) is 11.6 Å². The Hall–Kier alpha value is -0.390. The Morgan fingerprint density at radius 3 is 2.50 bits per heavy atom. The van der Waals surface area contributed by atoms with E-state index in [1.165, 1.54) is 21.4 Å². The molecule has 2 heterocycles. The van der Waals surface area contributed by atoms with Gasteiger partial charge in [-0.25, -0.2) is 0 Å². The standard InChI is InChI=1S/C13H8BrClOS2/c14-13-8(15)6-11(18-13)12(16)10-5-7-3-1-2-4-9(7)17-10/h1-6,12,16H. The third kappa shape index (κ3) is 2.24. The van der Waals surface area contributed by atoms with E-state index in [-0.39, 0.29) is 0 Å². The molecule has 0 bridgehead atoms. The minimum Gasteiger partial charge on any atom is -0.382 e. The molecule has 3 aromatic rings. The number of hydrogen-bond acceptors (Lipinski definition) is 3. The van der Waals surface area contributed by atoms with Gasteiger partial charge in [0, 0.05) is 14.5 Å². The van der Waals surface area contributed by atoms with E-state index in [0.29, 0.717) is 5.02 Å². The Morgan fingerprint density at radius 1 is 1.11 bits per heavy atom. The normalized spacial score (nSPS) is 13.1. The lowest BCUT2D eigenvalue weighted by atomic mass is 10.2. The number of hydrogen-bond donors (Lipinski definition) is 1. The van der Waals surface area contributed by atoms with Crippen LogP contribution in [-0.4, -0.2) is 5.11 Å². The molecule has 5 heteroatoms. The summed E-state index contributed by atoms with van der Waals surface area (Å²) in [6.07, 6.45) is -0.601. The maximum absolute atomic E-state index is 10.4. The monoisotopic (exact) mass is 358 g/mol. The highest BCUT2D eigenvalue weighted by Crippen LogP contribution is 2.40. The minimum atomic E-state index is -0.601. The fraction of sp³-hybridized carbons (Fsp3) is 0.0769. The number of halogens is 2. The van der Waals surface area contributed by atoms with Crippen LogP contribution >= 0.6 is 50.2 Å². The molecule has 1 unspecified atom stereocenters. The molecule has 1 N–H and O–H groups in total. The van der Waals surface area contributed by atoms with Crippen LogP contribution in [0.1, 0.15) is 15.9 Å². The van der Waals surface area contributed by atoms with Crippen molar-refractivity contribution in [2.45, 2.75) is 6.10 Å². The number of aliphatic hydroxyl groups excluding tert-OH is 1. The second-order valence-corrected chi connectivity index (χ2v) is 7.78. The van der Waals surface area contributed by atoms with Gasteiger partial charge < -0.3 is 5.11 Å². The van der Waals surface area contributed by atoms with Crippen molar-refractivity contribution in [3.05, 3.63) is 55.0 Å². The van der Waals surface area contributed by atoms with E-state index in [2.05, 4.69) is 28.1 Å². The number of thiophene rings is 2. The molecule has 2 aromatic heterocycles. The van der Waals surface area contributed by atoms with Crippen LogP contribution in [0.3, 0.4) is 0 Å². The molecular formula is C13H8BrClOS2. The SMILES string of the molecule is OC(c1cc(Cl)c(Br)s1)c1cc2ccccc2s1. The summed E-state index contributed by atoms with van der Waals surface area (Å²) in [6, 6.07) is 12.0. The molecule has 0 amide bonds. The zero-order valence-corrected chi connectivity index (χ0v) is 13.0. The predicted molar refractivity (Wildman–Crippen MR) is 82.9 cm³/mol. The lowest BCUT2D eigenvalue weighted by Crippen LogP contribution is -1.92. The number of fused-ring (bicyclic) bond motifs is 1. The molecule has 3 rings (SSSR count).